The van der Waals surface area contributed by atoms with Gasteiger partial charge in [0.15, 0.2) is 0 Å². The average molecular weight is 619 g/mol. The molecular formula is C36H42O9. The van der Waals surface area contributed by atoms with Crippen LogP contribution >= 0.6 is 0 Å². The van der Waals surface area contributed by atoms with Crippen LogP contribution in [0.3, 0.4) is 0 Å². The van der Waals surface area contributed by atoms with Crippen molar-refractivity contribution in [3.05, 3.63) is 114 Å². The van der Waals surface area contributed by atoms with E-state index in [1.165, 1.54) is 0 Å². The van der Waals surface area contributed by atoms with Crippen molar-refractivity contribution in [2.75, 3.05) is 0 Å². The van der Waals surface area contributed by atoms with Crippen LogP contribution in [-0.2, 0) is 57.2 Å². The summed E-state index contributed by atoms with van der Waals surface area (Å²) in [7, 11) is 0. The molecule has 4 rings (SSSR count). The van der Waals surface area contributed by atoms with Gasteiger partial charge in [-0.3, -0.25) is 0 Å². The predicted octanol–water partition coefficient (Wildman–Crippen LogP) is 4.61. The Balaban J connectivity index is 1.77. The molecule has 0 bridgehead atoms. The molecule has 0 saturated heterocycles. The number of benzene rings is 4. The van der Waals surface area contributed by atoms with Gasteiger partial charge in [0.1, 0.15) is 23.0 Å². The van der Waals surface area contributed by atoms with Crippen LogP contribution in [0.15, 0.2) is 36.4 Å². The van der Waals surface area contributed by atoms with Gasteiger partial charge >= 0.3 is 0 Å². The molecule has 0 amide bonds. The lowest BCUT2D eigenvalue weighted by molar-refractivity contribution is 0.103. The van der Waals surface area contributed by atoms with Gasteiger partial charge in [0.05, 0.1) is 39.6 Å². The van der Waals surface area contributed by atoms with Gasteiger partial charge in [-0.15, -0.1) is 0 Å². The highest BCUT2D eigenvalue weighted by Gasteiger charge is 2.21. The van der Waals surface area contributed by atoms with Crippen molar-refractivity contribution in [1.29, 1.82) is 0 Å². The van der Waals surface area contributed by atoms with Crippen molar-refractivity contribution in [2.45, 2.75) is 80.2 Å². The minimum Gasteiger partial charge on any atom is -0.508 e. The van der Waals surface area contributed by atoms with Crippen molar-refractivity contribution in [3.8, 4) is 23.0 Å². The first-order valence-corrected chi connectivity index (χ1v) is 14.7. The van der Waals surface area contributed by atoms with E-state index in [1.54, 1.807) is 31.2 Å². The van der Waals surface area contributed by atoms with E-state index in [0.717, 1.165) is 27.8 Å². The number of aromatic hydroxyl groups is 4. The molecule has 0 fully saturated rings. The van der Waals surface area contributed by atoms with Crippen LogP contribution in [0.2, 0.25) is 0 Å². The summed E-state index contributed by atoms with van der Waals surface area (Å²) in [5.41, 5.74) is 8.34. The van der Waals surface area contributed by atoms with Gasteiger partial charge in [-0.2, -0.15) is 0 Å². The molecule has 0 aromatic heterocycles. The minimum atomic E-state index is -0.401. The van der Waals surface area contributed by atoms with Crippen molar-refractivity contribution in [2.24, 2.45) is 0 Å². The van der Waals surface area contributed by atoms with Crippen LogP contribution in [0.1, 0.15) is 77.9 Å². The smallest absolute Gasteiger partial charge is 0.126 e. The van der Waals surface area contributed by atoms with Gasteiger partial charge in [0, 0.05) is 39.8 Å². The van der Waals surface area contributed by atoms with Crippen molar-refractivity contribution < 1.29 is 45.6 Å². The molecule has 240 valence electrons. The molecule has 0 aliphatic rings. The van der Waals surface area contributed by atoms with Gasteiger partial charge in [-0.05, 0) is 90.8 Å². The Bertz CT molecular complexity index is 1710. The Morgan fingerprint density at radius 3 is 1.67 bits per heavy atom. The van der Waals surface area contributed by atoms with Crippen molar-refractivity contribution >= 4 is 0 Å². The number of hydrogen-bond donors (Lipinski definition) is 8. The molecule has 0 aliphatic heterocycles. The SMILES string of the molecule is Cc1ccc(CO)c(O)c1Cc1cc(Cc2ccc(O)c(CO)c2C)c(C)c(COCc2cc(CO)c(C)c(CO)c2O)c1O. The molecule has 0 radical (unpaired) electrons. The van der Waals surface area contributed by atoms with E-state index in [2.05, 4.69) is 0 Å². The molecule has 0 heterocycles. The number of phenolic OH excluding ortho intramolecular Hbond substituents is 1. The summed E-state index contributed by atoms with van der Waals surface area (Å²) >= 11 is 0. The Morgan fingerprint density at radius 2 is 1.02 bits per heavy atom. The van der Waals surface area contributed by atoms with Gasteiger partial charge in [0.2, 0.25) is 0 Å². The first kappa shape index (κ1) is 33.8. The van der Waals surface area contributed by atoms with Gasteiger partial charge in [0.25, 0.3) is 0 Å². The van der Waals surface area contributed by atoms with Gasteiger partial charge in [-0.1, -0.05) is 24.3 Å². The Morgan fingerprint density at radius 1 is 0.467 bits per heavy atom. The van der Waals surface area contributed by atoms with E-state index in [0.29, 0.717) is 56.5 Å². The molecule has 0 unspecified atom stereocenters. The highest BCUT2D eigenvalue weighted by molar-refractivity contribution is 5.56. The molecule has 45 heavy (non-hydrogen) atoms. The topological polar surface area (TPSA) is 171 Å². The largest absolute Gasteiger partial charge is 0.508 e. The third-order valence-electron chi connectivity index (χ3n) is 8.94. The third-order valence-corrected chi connectivity index (χ3v) is 8.94. The number of aliphatic hydroxyl groups excluding tert-OH is 4. The summed E-state index contributed by atoms with van der Waals surface area (Å²) < 4.78 is 6.03. The summed E-state index contributed by atoms with van der Waals surface area (Å²) in [4.78, 5) is 0. The molecule has 0 spiro atoms. The van der Waals surface area contributed by atoms with Crippen LogP contribution in [-0.4, -0.2) is 40.9 Å². The van der Waals surface area contributed by atoms with Crippen LogP contribution in [0.4, 0.5) is 0 Å². The highest BCUT2D eigenvalue weighted by Crippen LogP contribution is 2.37. The first-order valence-electron chi connectivity index (χ1n) is 14.7. The van der Waals surface area contributed by atoms with Crippen LogP contribution in [0, 0.1) is 27.7 Å². The fraction of sp³-hybridized carbons (Fsp3) is 0.333. The average Bonchev–Trinajstić information content (AvgIpc) is 3.01. The number of aliphatic hydroxyl groups is 4. The lowest BCUT2D eigenvalue weighted by Gasteiger charge is -2.21. The van der Waals surface area contributed by atoms with Crippen LogP contribution < -0.4 is 0 Å². The van der Waals surface area contributed by atoms with Crippen LogP contribution in [0.25, 0.3) is 0 Å². The predicted molar refractivity (Wildman–Crippen MR) is 169 cm³/mol. The second-order valence-electron chi connectivity index (χ2n) is 11.5. The zero-order chi connectivity index (χ0) is 33.0. The molecule has 9 nitrogen and oxygen atoms in total. The Kier molecular flexibility index (Phi) is 10.7. The zero-order valence-electron chi connectivity index (χ0n) is 26.1. The fourth-order valence-corrected chi connectivity index (χ4v) is 5.84. The monoisotopic (exact) mass is 618 g/mol. The number of phenols is 4. The summed E-state index contributed by atoms with van der Waals surface area (Å²) in [6, 6.07) is 10.3. The molecule has 8 N–H and O–H groups in total. The summed E-state index contributed by atoms with van der Waals surface area (Å²) in [6.45, 7) is 5.85. The minimum absolute atomic E-state index is 0.0110. The number of ether oxygens (including phenoxy) is 1. The van der Waals surface area contributed by atoms with Gasteiger partial charge < -0.3 is 45.6 Å². The number of aryl methyl sites for hydroxylation is 1. The Hall–Kier alpha value is -4.12. The summed E-state index contributed by atoms with van der Waals surface area (Å²) in [5.74, 6) is -0.144. The third kappa shape index (κ3) is 6.78. The van der Waals surface area contributed by atoms with E-state index in [9.17, 15) is 40.9 Å². The second-order valence-corrected chi connectivity index (χ2v) is 11.5. The van der Waals surface area contributed by atoms with E-state index in [1.807, 2.05) is 32.9 Å². The lowest BCUT2D eigenvalue weighted by Crippen LogP contribution is -2.07. The summed E-state index contributed by atoms with van der Waals surface area (Å²) in [6.07, 6.45) is 0.595. The van der Waals surface area contributed by atoms with E-state index < -0.39 is 6.61 Å². The zero-order valence-corrected chi connectivity index (χ0v) is 26.1. The van der Waals surface area contributed by atoms with E-state index >= 15 is 0 Å². The molecule has 0 atom stereocenters. The molecular weight excluding hydrogens is 576 g/mol. The first-order chi connectivity index (χ1) is 21.5. The quantitative estimate of drug-likeness (QED) is 0.113. The van der Waals surface area contributed by atoms with Crippen molar-refractivity contribution in [3.63, 3.8) is 0 Å². The second kappa shape index (κ2) is 14.3. The van der Waals surface area contributed by atoms with Crippen molar-refractivity contribution in [1.82, 2.24) is 0 Å². The molecule has 0 saturated carbocycles. The van der Waals surface area contributed by atoms with Crippen LogP contribution in [0.5, 0.6) is 23.0 Å². The Labute approximate surface area is 262 Å². The van der Waals surface area contributed by atoms with E-state index in [-0.39, 0.29) is 62.5 Å². The molecule has 0 aliphatic carbocycles. The standard InChI is InChI=1S/C36H42O9/c1-19-5-6-24(13-37)34(42)29(19)12-26-10-25(9-23-7-8-33(41)30(15-39)20(23)2)21(3)32(35(26)43)18-45-17-28-11-27(14-38)22(4)31(16-40)36(28)44/h5-8,10-11,37-44H,9,12-18H2,1-4H3. The molecule has 9 heteroatoms. The normalized spacial score (nSPS) is 11.4. The fourth-order valence-electron chi connectivity index (χ4n) is 5.84. The molecule has 4 aromatic rings. The number of rotatable bonds is 12. The van der Waals surface area contributed by atoms with Gasteiger partial charge in [-0.25, -0.2) is 0 Å². The lowest BCUT2D eigenvalue weighted by atomic mass is 9.88. The summed E-state index contributed by atoms with van der Waals surface area (Å²) in [5, 5.41) is 82.5. The highest BCUT2D eigenvalue weighted by atomic mass is 16.5. The molecule has 4 aromatic carbocycles. The number of hydrogen-bond acceptors (Lipinski definition) is 9. The maximum absolute atomic E-state index is 11.6. The van der Waals surface area contributed by atoms with E-state index in [4.69, 9.17) is 4.74 Å². The maximum Gasteiger partial charge on any atom is 0.126 e. The maximum atomic E-state index is 11.6.